The summed E-state index contributed by atoms with van der Waals surface area (Å²) < 4.78 is 11.3. The van der Waals surface area contributed by atoms with Gasteiger partial charge in [-0.2, -0.15) is 4.98 Å². The Morgan fingerprint density at radius 2 is 1.90 bits per heavy atom. The Labute approximate surface area is 179 Å². The van der Waals surface area contributed by atoms with Crippen LogP contribution in [-0.2, 0) is 4.79 Å². The highest BCUT2D eigenvalue weighted by atomic mass is 16.4. The lowest BCUT2D eigenvalue weighted by atomic mass is 10.0. The van der Waals surface area contributed by atoms with Gasteiger partial charge in [0.15, 0.2) is 17.9 Å². The van der Waals surface area contributed by atoms with Gasteiger partial charge in [0.25, 0.3) is 6.01 Å². The molecular weight excluding hydrogens is 396 g/mol. The SMILES string of the molecule is CCCC(CNc1nc(-c2ccc(-c3cnco3)cc2)c(-c2cccnc2)o1)C(=O)O. The maximum atomic E-state index is 11.4. The van der Waals surface area contributed by atoms with Gasteiger partial charge in [0, 0.05) is 35.6 Å². The molecule has 4 aromatic rings. The largest absolute Gasteiger partial charge is 0.481 e. The molecule has 0 fully saturated rings. The van der Waals surface area contributed by atoms with Crippen molar-refractivity contribution >= 4 is 12.0 Å². The summed E-state index contributed by atoms with van der Waals surface area (Å²) in [6, 6.07) is 11.7. The molecule has 0 spiro atoms. The van der Waals surface area contributed by atoms with Crippen LogP contribution in [0.2, 0.25) is 0 Å². The first-order valence-corrected chi connectivity index (χ1v) is 10.0. The maximum Gasteiger partial charge on any atom is 0.308 e. The van der Waals surface area contributed by atoms with Crippen LogP contribution >= 0.6 is 0 Å². The number of aromatic nitrogens is 3. The van der Waals surface area contributed by atoms with Gasteiger partial charge in [-0.1, -0.05) is 37.6 Å². The lowest BCUT2D eigenvalue weighted by Gasteiger charge is -2.10. The Bertz CT molecular complexity index is 1120. The van der Waals surface area contributed by atoms with Gasteiger partial charge in [0.1, 0.15) is 5.69 Å². The molecule has 0 aliphatic rings. The average molecular weight is 418 g/mol. The number of carboxylic acid groups (broad SMARTS) is 1. The molecule has 0 saturated heterocycles. The van der Waals surface area contributed by atoms with E-state index in [1.807, 2.05) is 43.3 Å². The Hall–Kier alpha value is -3.94. The highest BCUT2D eigenvalue weighted by Gasteiger charge is 2.20. The van der Waals surface area contributed by atoms with Crippen molar-refractivity contribution in [3.63, 3.8) is 0 Å². The number of oxazole rings is 2. The van der Waals surface area contributed by atoms with E-state index >= 15 is 0 Å². The molecule has 0 amide bonds. The molecule has 8 heteroatoms. The lowest BCUT2D eigenvalue weighted by Crippen LogP contribution is -2.22. The van der Waals surface area contributed by atoms with Gasteiger partial charge in [0.05, 0.1) is 12.1 Å². The number of carboxylic acids is 1. The van der Waals surface area contributed by atoms with Crippen molar-refractivity contribution in [1.82, 2.24) is 15.0 Å². The van der Waals surface area contributed by atoms with E-state index in [-0.39, 0.29) is 12.6 Å². The molecule has 3 heterocycles. The second-order valence-corrected chi connectivity index (χ2v) is 7.09. The summed E-state index contributed by atoms with van der Waals surface area (Å²) in [7, 11) is 0. The first-order chi connectivity index (χ1) is 15.2. The van der Waals surface area contributed by atoms with Crippen LogP contribution < -0.4 is 5.32 Å². The molecular formula is C23H22N4O4. The first kappa shape index (κ1) is 20.3. The van der Waals surface area contributed by atoms with E-state index in [4.69, 9.17) is 8.83 Å². The molecule has 0 bridgehead atoms. The number of nitrogens with one attached hydrogen (secondary N) is 1. The number of nitrogens with zero attached hydrogens (tertiary/aromatic N) is 3. The number of hydrogen-bond acceptors (Lipinski definition) is 7. The van der Waals surface area contributed by atoms with Crippen molar-refractivity contribution in [2.45, 2.75) is 19.8 Å². The summed E-state index contributed by atoms with van der Waals surface area (Å²) in [4.78, 5) is 24.2. The summed E-state index contributed by atoms with van der Waals surface area (Å²) in [5, 5.41) is 12.4. The van der Waals surface area contributed by atoms with Crippen molar-refractivity contribution in [3.05, 3.63) is 61.4 Å². The van der Waals surface area contributed by atoms with Crippen molar-refractivity contribution < 1.29 is 18.7 Å². The van der Waals surface area contributed by atoms with E-state index in [1.165, 1.54) is 6.39 Å². The van der Waals surface area contributed by atoms with Gasteiger partial charge in [0.2, 0.25) is 0 Å². The van der Waals surface area contributed by atoms with Crippen molar-refractivity contribution in [1.29, 1.82) is 0 Å². The average Bonchev–Trinajstić information content (AvgIpc) is 3.48. The highest BCUT2D eigenvalue weighted by molar-refractivity contribution is 5.79. The third-order valence-corrected chi connectivity index (χ3v) is 4.91. The van der Waals surface area contributed by atoms with E-state index in [2.05, 4.69) is 20.3 Å². The van der Waals surface area contributed by atoms with E-state index in [9.17, 15) is 9.90 Å². The molecule has 4 rings (SSSR count). The van der Waals surface area contributed by atoms with Crippen LogP contribution in [0.4, 0.5) is 6.01 Å². The molecule has 0 radical (unpaired) electrons. The number of pyridine rings is 1. The third-order valence-electron chi connectivity index (χ3n) is 4.91. The van der Waals surface area contributed by atoms with Crippen LogP contribution in [0.1, 0.15) is 19.8 Å². The normalized spacial score (nSPS) is 11.9. The van der Waals surface area contributed by atoms with Crippen molar-refractivity contribution in [2.24, 2.45) is 5.92 Å². The number of rotatable bonds is 9. The topological polar surface area (TPSA) is 114 Å². The summed E-state index contributed by atoms with van der Waals surface area (Å²) >= 11 is 0. The summed E-state index contributed by atoms with van der Waals surface area (Å²) in [6.07, 6.45) is 7.80. The van der Waals surface area contributed by atoms with Gasteiger partial charge in [-0.15, -0.1) is 0 Å². The molecule has 0 saturated carbocycles. The Morgan fingerprint density at radius 3 is 2.55 bits per heavy atom. The minimum atomic E-state index is -0.836. The van der Waals surface area contributed by atoms with Crippen LogP contribution in [0.3, 0.4) is 0 Å². The number of aliphatic carboxylic acids is 1. The number of anilines is 1. The van der Waals surface area contributed by atoms with Gasteiger partial charge < -0.3 is 19.3 Å². The zero-order chi connectivity index (χ0) is 21.6. The number of benzene rings is 1. The van der Waals surface area contributed by atoms with E-state index in [1.54, 1.807) is 18.6 Å². The minimum absolute atomic E-state index is 0.236. The first-order valence-electron chi connectivity index (χ1n) is 10.0. The molecule has 0 aliphatic carbocycles. The molecule has 158 valence electrons. The Morgan fingerprint density at radius 1 is 1.10 bits per heavy atom. The molecule has 0 aliphatic heterocycles. The molecule has 1 unspecified atom stereocenters. The van der Waals surface area contributed by atoms with Gasteiger partial charge >= 0.3 is 5.97 Å². The predicted octanol–water partition coefficient (Wildman–Crippen LogP) is 4.97. The van der Waals surface area contributed by atoms with Crippen molar-refractivity contribution in [2.75, 3.05) is 11.9 Å². The molecule has 1 aromatic carbocycles. The fraction of sp³-hybridized carbons (Fsp3) is 0.217. The van der Waals surface area contributed by atoms with Crippen molar-refractivity contribution in [3.8, 4) is 33.9 Å². The fourth-order valence-corrected chi connectivity index (χ4v) is 3.31. The fourth-order valence-electron chi connectivity index (χ4n) is 3.31. The van der Waals surface area contributed by atoms with Crippen LogP contribution in [0.25, 0.3) is 33.9 Å². The van der Waals surface area contributed by atoms with Crippen LogP contribution in [0, 0.1) is 5.92 Å². The lowest BCUT2D eigenvalue weighted by molar-refractivity contribution is -0.141. The number of hydrogen-bond donors (Lipinski definition) is 2. The maximum absolute atomic E-state index is 11.4. The van der Waals surface area contributed by atoms with Gasteiger partial charge in [-0.05, 0) is 18.6 Å². The quantitative estimate of drug-likeness (QED) is 0.391. The van der Waals surface area contributed by atoms with Crippen LogP contribution in [0.15, 0.2) is 70.2 Å². The van der Waals surface area contributed by atoms with Crippen LogP contribution in [0.5, 0.6) is 0 Å². The van der Waals surface area contributed by atoms with E-state index in [0.717, 1.165) is 23.1 Å². The molecule has 1 atom stereocenters. The zero-order valence-corrected chi connectivity index (χ0v) is 17.0. The van der Waals surface area contributed by atoms with Gasteiger partial charge in [-0.25, -0.2) is 4.98 Å². The smallest absolute Gasteiger partial charge is 0.308 e. The van der Waals surface area contributed by atoms with E-state index < -0.39 is 11.9 Å². The summed E-state index contributed by atoms with van der Waals surface area (Å²) in [5.74, 6) is -0.109. The summed E-state index contributed by atoms with van der Waals surface area (Å²) in [6.45, 7) is 2.20. The predicted molar refractivity (Wildman–Crippen MR) is 115 cm³/mol. The standard InChI is InChI=1S/C23H22N4O4/c1-2-4-18(22(28)29)12-26-23-27-20(21(31-23)17-5-3-10-24-11-17)16-8-6-15(7-9-16)19-13-25-14-30-19/h3,5-11,13-14,18H,2,4,12H2,1H3,(H,26,27)(H,28,29). The Balaban J connectivity index is 1.65. The van der Waals surface area contributed by atoms with E-state index in [0.29, 0.717) is 23.6 Å². The van der Waals surface area contributed by atoms with Crippen LogP contribution in [-0.4, -0.2) is 32.6 Å². The molecule has 31 heavy (non-hydrogen) atoms. The minimum Gasteiger partial charge on any atom is -0.481 e. The third kappa shape index (κ3) is 4.63. The second kappa shape index (κ2) is 9.25. The number of carbonyl (C=O) groups is 1. The highest BCUT2D eigenvalue weighted by Crippen LogP contribution is 2.35. The summed E-state index contributed by atoms with van der Waals surface area (Å²) in [5.41, 5.74) is 3.17. The molecule has 3 aromatic heterocycles. The second-order valence-electron chi connectivity index (χ2n) is 7.09. The Kier molecular flexibility index (Phi) is 6.07. The van der Waals surface area contributed by atoms with Gasteiger partial charge in [-0.3, -0.25) is 9.78 Å². The monoisotopic (exact) mass is 418 g/mol. The molecule has 8 nitrogen and oxygen atoms in total. The molecule has 2 N–H and O–H groups in total. The zero-order valence-electron chi connectivity index (χ0n) is 17.0.